The van der Waals surface area contributed by atoms with Crippen LogP contribution in [0.5, 0.6) is 0 Å². The van der Waals surface area contributed by atoms with Crippen LogP contribution in [0.15, 0.2) is 62.9 Å². The molecular weight excluding hydrogens is 406 g/mol. The van der Waals surface area contributed by atoms with E-state index in [-0.39, 0.29) is 16.4 Å². The van der Waals surface area contributed by atoms with E-state index < -0.39 is 0 Å². The van der Waals surface area contributed by atoms with Crippen molar-refractivity contribution in [2.75, 3.05) is 0 Å². The number of nitrogens with one attached hydrogen (secondary N) is 2. The van der Waals surface area contributed by atoms with Crippen molar-refractivity contribution in [3.63, 3.8) is 0 Å². The molecular formula is C21H16BrN3O2. The van der Waals surface area contributed by atoms with E-state index in [2.05, 4.69) is 25.9 Å². The van der Waals surface area contributed by atoms with Crippen LogP contribution in [0.2, 0.25) is 0 Å². The molecule has 5 nitrogen and oxygen atoms in total. The number of hydrogen-bond donors (Lipinski definition) is 2. The largest absolute Gasteiger partial charge is 0.360 e. The molecule has 4 aromatic rings. The van der Waals surface area contributed by atoms with E-state index in [0.717, 1.165) is 27.5 Å². The Morgan fingerprint density at radius 1 is 0.852 bits per heavy atom. The van der Waals surface area contributed by atoms with E-state index in [1.807, 2.05) is 50.2 Å². The van der Waals surface area contributed by atoms with Gasteiger partial charge in [0.1, 0.15) is 11.6 Å². The maximum absolute atomic E-state index is 11.7. The fourth-order valence-corrected chi connectivity index (χ4v) is 3.05. The number of halogens is 1. The Kier molecular flexibility index (Phi) is 5.24. The first-order valence-electron chi connectivity index (χ1n) is 8.20. The highest BCUT2D eigenvalue weighted by Gasteiger charge is 2.03. The predicted octanol–water partition coefficient (Wildman–Crippen LogP) is 4.31. The van der Waals surface area contributed by atoms with Crippen molar-refractivity contribution in [1.29, 1.82) is 5.26 Å². The topological polar surface area (TPSA) is 89.5 Å². The van der Waals surface area contributed by atoms with Gasteiger partial charge in [0.15, 0.2) is 0 Å². The lowest BCUT2D eigenvalue weighted by atomic mass is 10.1. The summed E-state index contributed by atoms with van der Waals surface area (Å²) in [6, 6.07) is 13.2. The van der Waals surface area contributed by atoms with Gasteiger partial charge in [-0.2, -0.15) is 5.26 Å². The number of nitriles is 1. The van der Waals surface area contributed by atoms with Gasteiger partial charge in [0, 0.05) is 34.2 Å². The molecule has 0 radical (unpaired) electrons. The van der Waals surface area contributed by atoms with Gasteiger partial charge in [-0.3, -0.25) is 9.59 Å². The lowest BCUT2D eigenvalue weighted by Gasteiger charge is -1.99. The molecule has 0 saturated heterocycles. The van der Waals surface area contributed by atoms with E-state index in [1.54, 1.807) is 12.3 Å². The molecule has 0 spiro atoms. The number of H-pyrrole nitrogens is 2. The van der Waals surface area contributed by atoms with Crippen LogP contribution in [0.25, 0.3) is 21.8 Å². The van der Waals surface area contributed by atoms with Gasteiger partial charge in [0.2, 0.25) is 10.9 Å². The first-order chi connectivity index (χ1) is 12.9. The molecule has 0 amide bonds. The van der Waals surface area contributed by atoms with Crippen LogP contribution in [0.4, 0.5) is 0 Å². The number of aromatic nitrogens is 2. The number of nitrogens with zero attached hydrogens (tertiary/aromatic N) is 1. The summed E-state index contributed by atoms with van der Waals surface area (Å²) in [6.07, 6.45) is 3.11. The molecule has 0 fully saturated rings. The quantitative estimate of drug-likeness (QED) is 0.443. The Hall–Kier alpha value is -3.17. The predicted molar refractivity (Wildman–Crippen MR) is 111 cm³/mol. The van der Waals surface area contributed by atoms with Gasteiger partial charge in [-0.1, -0.05) is 23.3 Å². The van der Waals surface area contributed by atoms with Gasteiger partial charge >= 0.3 is 0 Å². The summed E-state index contributed by atoms with van der Waals surface area (Å²) in [5, 5.41) is 9.98. The second-order valence-corrected chi connectivity index (χ2v) is 7.06. The third-order valence-electron chi connectivity index (χ3n) is 4.15. The number of hydrogen-bond acceptors (Lipinski definition) is 3. The minimum Gasteiger partial charge on any atom is -0.360 e. The molecule has 6 heteroatoms. The Morgan fingerprint density at radius 2 is 1.37 bits per heavy atom. The van der Waals surface area contributed by atoms with Gasteiger partial charge in [0.05, 0.1) is 4.47 Å². The van der Waals surface area contributed by atoms with Crippen molar-refractivity contribution in [2.45, 2.75) is 13.8 Å². The van der Waals surface area contributed by atoms with E-state index in [4.69, 9.17) is 5.26 Å². The van der Waals surface area contributed by atoms with Gasteiger partial charge in [0.25, 0.3) is 0 Å². The van der Waals surface area contributed by atoms with Crippen molar-refractivity contribution in [2.24, 2.45) is 0 Å². The van der Waals surface area contributed by atoms with Crippen LogP contribution >= 0.6 is 15.9 Å². The smallest absolute Gasteiger partial charge is 0.207 e. The van der Waals surface area contributed by atoms with Crippen LogP contribution in [-0.4, -0.2) is 9.97 Å². The average molecular weight is 422 g/mol. The summed E-state index contributed by atoms with van der Waals surface area (Å²) in [4.78, 5) is 29.2. The highest BCUT2D eigenvalue weighted by atomic mass is 79.9. The molecule has 2 aromatic carbocycles. The zero-order valence-corrected chi connectivity index (χ0v) is 16.3. The minimum absolute atomic E-state index is 0.0393. The Bertz CT molecular complexity index is 1310. The molecule has 0 aliphatic heterocycles. The van der Waals surface area contributed by atoms with Crippen LogP contribution < -0.4 is 10.9 Å². The maximum atomic E-state index is 11.7. The monoisotopic (exact) mass is 421 g/mol. The Morgan fingerprint density at radius 3 is 1.93 bits per heavy atom. The standard InChI is InChI=1S/C11H8N2O.C10H8BrNO/c1-7-2-3-10-9(4-7)11(14)8(5-12)6-13-10;1-6-2-3-9-7(4-6)10(13)8(11)5-12-9/h2-4,6H,1H3,(H,13,14);2-5H,1H3,(H,12,13). The number of pyridine rings is 2. The van der Waals surface area contributed by atoms with Gasteiger partial charge in [-0.15, -0.1) is 0 Å². The zero-order valence-electron chi connectivity index (χ0n) is 14.8. The summed E-state index contributed by atoms with van der Waals surface area (Å²) < 4.78 is 0.575. The van der Waals surface area contributed by atoms with Gasteiger partial charge < -0.3 is 9.97 Å². The highest BCUT2D eigenvalue weighted by Crippen LogP contribution is 2.12. The third-order valence-corrected chi connectivity index (χ3v) is 4.74. The van der Waals surface area contributed by atoms with E-state index in [0.29, 0.717) is 9.86 Å². The fraction of sp³-hybridized carbons (Fsp3) is 0.0952. The minimum atomic E-state index is -0.204. The molecule has 2 aromatic heterocycles. The number of rotatable bonds is 0. The molecule has 134 valence electrons. The summed E-state index contributed by atoms with van der Waals surface area (Å²) in [7, 11) is 0. The highest BCUT2D eigenvalue weighted by molar-refractivity contribution is 9.10. The van der Waals surface area contributed by atoms with E-state index in [1.165, 1.54) is 6.20 Å². The molecule has 0 bridgehead atoms. The summed E-state index contributed by atoms with van der Waals surface area (Å²) in [5.41, 5.74) is 3.73. The molecule has 2 heterocycles. The first-order valence-corrected chi connectivity index (χ1v) is 8.99. The molecule has 4 rings (SSSR count). The average Bonchev–Trinajstić information content (AvgIpc) is 2.66. The molecule has 2 N–H and O–H groups in total. The first kappa shape index (κ1) is 18.6. The summed E-state index contributed by atoms with van der Waals surface area (Å²) >= 11 is 3.20. The lowest BCUT2D eigenvalue weighted by molar-refractivity contribution is 1.33. The molecule has 0 unspecified atom stereocenters. The summed E-state index contributed by atoms with van der Waals surface area (Å²) in [5.74, 6) is 0. The Labute approximate surface area is 163 Å². The molecule has 0 aliphatic rings. The SMILES string of the molecule is Cc1ccc2[nH]cc(Br)c(=O)c2c1.Cc1ccc2[nH]cc(C#N)c(=O)c2c1. The Balaban J connectivity index is 0.000000156. The van der Waals surface area contributed by atoms with Gasteiger partial charge in [-0.05, 0) is 54.0 Å². The summed E-state index contributed by atoms with van der Waals surface area (Å²) in [6.45, 7) is 3.89. The molecule has 0 saturated carbocycles. The van der Waals surface area contributed by atoms with Crippen molar-refractivity contribution < 1.29 is 0 Å². The van der Waals surface area contributed by atoms with Crippen LogP contribution in [0.1, 0.15) is 16.7 Å². The van der Waals surface area contributed by atoms with E-state index >= 15 is 0 Å². The molecule has 27 heavy (non-hydrogen) atoms. The number of aromatic amines is 2. The normalized spacial score (nSPS) is 10.3. The zero-order chi connectivity index (χ0) is 19.6. The maximum Gasteiger partial charge on any atom is 0.207 e. The van der Waals surface area contributed by atoms with Crippen molar-refractivity contribution in [3.05, 3.63) is 90.4 Å². The van der Waals surface area contributed by atoms with Crippen LogP contribution in [0, 0.1) is 25.2 Å². The van der Waals surface area contributed by atoms with Crippen molar-refractivity contribution in [3.8, 4) is 6.07 Å². The second-order valence-electron chi connectivity index (χ2n) is 6.21. The molecule has 0 aliphatic carbocycles. The number of aryl methyl sites for hydroxylation is 2. The molecule has 0 atom stereocenters. The number of benzene rings is 2. The third kappa shape index (κ3) is 3.83. The number of fused-ring (bicyclic) bond motifs is 2. The van der Waals surface area contributed by atoms with Crippen LogP contribution in [0.3, 0.4) is 0 Å². The van der Waals surface area contributed by atoms with Crippen LogP contribution in [-0.2, 0) is 0 Å². The van der Waals surface area contributed by atoms with E-state index in [9.17, 15) is 9.59 Å². The fourth-order valence-electron chi connectivity index (χ4n) is 2.72. The van der Waals surface area contributed by atoms with Crippen molar-refractivity contribution >= 4 is 37.7 Å². The lowest BCUT2D eigenvalue weighted by Crippen LogP contribution is -2.06. The van der Waals surface area contributed by atoms with Crippen molar-refractivity contribution in [1.82, 2.24) is 9.97 Å². The van der Waals surface area contributed by atoms with Gasteiger partial charge in [-0.25, -0.2) is 0 Å². The second kappa shape index (κ2) is 7.60.